The van der Waals surface area contributed by atoms with Gasteiger partial charge in [-0.05, 0) is 25.0 Å². The van der Waals surface area contributed by atoms with Gasteiger partial charge in [-0.2, -0.15) is 0 Å². The van der Waals surface area contributed by atoms with E-state index in [2.05, 4.69) is 27.8 Å². The Morgan fingerprint density at radius 3 is 2.89 bits per heavy atom. The van der Waals surface area contributed by atoms with Gasteiger partial charge in [-0.15, -0.1) is 11.6 Å². The summed E-state index contributed by atoms with van der Waals surface area (Å²) >= 11 is 5.85. The van der Waals surface area contributed by atoms with Crippen LogP contribution in [0.25, 0.3) is 11.0 Å². The van der Waals surface area contributed by atoms with E-state index in [-0.39, 0.29) is 0 Å². The van der Waals surface area contributed by atoms with E-state index in [1.54, 1.807) is 7.11 Å². The fourth-order valence-electron chi connectivity index (χ4n) is 2.17. The first-order chi connectivity index (χ1) is 8.86. The second-order valence-electron chi connectivity index (χ2n) is 4.31. The fraction of sp³-hybridized carbons (Fsp3) is 0.500. The van der Waals surface area contributed by atoms with Crippen LogP contribution in [0.2, 0.25) is 0 Å². The summed E-state index contributed by atoms with van der Waals surface area (Å²) in [5.41, 5.74) is 2.26. The number of para-hydroxylation sites is 2. The summed E-state index contributed by atoms with van der Waals surface area (Å²) in [4.78, 5) is 4.65. The molecule has 0 aliphatic heterocycles. The van der Waals surface area contributed by atoms with E-state index in [1.807, 2.05) is 6.07 Å². The molecule has 0 radical (unpaired) electrons. The Balaban J connectivity index is 2.19. The van der Waals surface area contributed by atoms with Gasteiger partial charge in [-0.25, -0.2) is 4.98 Å². The molecule has 0 amide bonds. The van der Waals surface area contributed by atoms with Crippen LogP contribution < -0.4 is 0 Å². The summed E-state index contributed by atoms with van der Waals surface area (Å²) in [5, 5.41) is 0. The molecule has 0 N–H and O–H groups in total. The van der Waals surface area contributed by atoms with Crippen molar-refractivity contribution in [2.45, 2.75) is 25.8 Å². The molecule has 4 heteroatoms. The molecule has 1 heterocycles. The number of aromatic nitrogens is 2. The number of hydrogen-bond donors (Lipinski definition) is 0. The average molecular weight is 267 g/mol. The highest BCUT2D eigenvalue weighted by Crippen LogP contribution is 2.17. The quantitative estimate of drug-likeness (QED) is 0.568. The summed E-state index contributed by atoms with van der Waals surface area (Å²) in [5.74, 6) is 1.70. The maximum absolute atomic E-state index is 5.85. The number of benzene rings is 1. The Morgan fingerprint density at radius 1 is 1.28 bits per heavy atom. The first-order valence-electron chi connectivity index (χ1n) is 6.36. The number of hydrogen-bond acceptors (Lipinski definition) is 2. The van der Waals surface area contributed by atoms with Gasteiger partial charge in [0.2, 0.25) is 0 Å². The third-order valence-corrected chi connectivity index (χ3v) is 3.22. The fourth-order valence-corrected chi connectivity index (χ4v) is 2.34. The van der Waals surface area contributed by atoms with Crippen LogP contribution in [0.4, 0.5) is 0 Å². The average Bonchev–Trinajstić information content (AvgIpc) is 2.73. The van der Waals surface area contributed by atoms with Crippen LogP contribution in [-0.2, 0) is 17.7 Å². The van der Waals surface area contributed by atoms with Gasteiger partial charge >= 0.3 is 0 Å². The number of unbranched alkanes of at least 4 members (excludes halogenated alkanes) is 1. The van der Waals surface area contributed by atoms with Crippen LogP contribution in [0, 0.1) is 0 Å². The van der Waals surface area contributed by atoms with Crippen LogP contribution in [0.15, 0.2) is 24.3 Å². The van der Waals surface area contributed by atoms with Gasteiger partial charge in [0.25, 0.3) is 0 Å². The van der Waals surface area contributed by atoms with Crippen LogP contribution in [0.3, 0.4) is 0 Å². The number of rotatable bonds is 7. The van der Waals surface area contributed by atoms with Gasteiger partial charge in [0.1, 0.15) is 5.82 Å². The Hall–Kier alpha value is -1.06. The van der Waals surface area contributed by atoms with E-state index in [9.17, 15) is 0 Å². The van der Waals surface area contributed by atoms with E-state index in [0.29, 0.717) is 5.88 Å². The maximum Gasteiger partial charge on any atom is 0.111 e. The minimum absolute atomic E-state index is 0.612. The van der Waals surface area contributed by atoms with Gasteiger partial charge in [0, 0.05) is 32.6 Å². The van der Waals surface area contributed by atoms with Gasteiger partial charge < -0.3 is 9.30 Å². The monoisotopic (exact) mass is 266 g/mol. The molecular formula is C14H19ClN2O. The molecule has 2 aromatic rings. The third kappa shape index (κ3) is 3.03. The van der Waals surface area contributed by atoms with Crippen molar-refractivity contribution < 1.29 is 4.74 Å². The maximum atomic E-state index is 5.85. The number of alkyl halides is 1. The molecule has 0 saturated carbocycles. The number of nitrogens with zero attached hydrogens (tertiary/aromatic N) is 2. The normalized spacial score (nSPS) is 11.2. The van der Waals surface area contributed by atoms with Gasteiger partial charge in [-0.3, -0.25) is 0 Å². The molecule has 0 fully saturated rings. The summed E-state index contributed by atoms with van der Waals surface area (Å²) in [6.07, 6.45) is 2.99. The number of aryl methyl sites for hydroxylation is 2. The molecular weight excluding hydrogens is 248 g/mol. The van der Waals surface area contributed by atoms with Crippen molar-refractivity contribution >= 4 is 22.6 Å². The first kappa shape index (κ1) is 13.4. The summed E-state index contributed by atoms with van der Waals surface area (Å²) in [6.45, 7) is 1.80. The van der Waals surface area contributed by atoms with Crippen molar-refractivity contribution in [3.63, 3.8) is 0 Å². The summed E-state index contributed by atoms with van der Waals surface area (Å²) in [7, 11) is 1.74. The Morgan fingerprint density at radius 2 is 2.11 bits per heavy atom. The van der Waals surface area contributed by atoms with E-state index in [0.717, 1.165) is 43.8 Å². The number of imidazole rings is 1. The van der Waals surface area contributed by atoms with Crippen LogP contribution in [-0.4, -0.2) is 29.1 Å². The molecule has 0 unspecified atom stereocenters. The van der Waals surface area contributed by atoms with Crippen LogP contribution >= 0.6 is 11.6 Å². The minimum atomic E-state index is 0.612. The van der Waals surface area contributed by atoms with E-state index >= 15 is 0 Å². The molecule has 0 aliphatic carbocycles. The van der Waals surface area contributed by atoms with E-state index in [1.165, 1.54) is 5.52 Å². The van der Waals surface area contributed by atoms with Crippen molar-refractivity contribution in [1.82, 2.24) is 9.55 Å². The predicted molar refractivity (Wildman–Crippen MR) is 75.3 cm³/mol. The molecule has 1 aromatic carbocycles. The second kappa shape index (κ2) is 6.76. The Kier molecular flexibility index (Phi) is 5.02. The van der Waals surface area contributed by atoms with Crippen molar-refractivity contribution in [1.29, 1.82) is 0 Å². The molecule has 0 spiro atoms. The van der Waals surface area contributed by atoms with Crippen LogP contribution in [0.1, 0.15) is 18.7 Å². The highest BCUT2D eigenvalue weighted by molar-refractivity contribution is 6.17. The molecule has 1 aromatic heterocycles. The van der Waals surface area contributed by atoms with Gasteiger partial charge in [0.15, 0.2) is 0 Å². The number of ether oxygens (including phenoxy) is 1. The molecule has 2 rings (SSSR count). The summed E-state index contributed by atoms with van der Waals surface area (Å²) < 4.78 is 7.37. The lowest BCUT2D eigenvalue weighted by Crippen LogP contribution is -2.05. The molecule has 0 bridgehead atoms. The molecule has 0 saturated heterocycles. The van der Waals surface area contributed by atoms with Gasteiger partial charge in [0.05, 0.1) is 11.0 Å². The van der Waals surface area contributed by atoms with E-state index in [4.69, 9.17) is 16.3 Å². The highest BCUT2D eigenvalue weighted by atomic mass is 35.5. The lowest BCUT2D eigenvalue weighted by molar-refractivity contribution is 0.191. The largest absolute Gasteiger partial charge is 0.385 e. The summed E-state index contributed by atoms with van der Waals surface area (Å²) in [6, 6.07) is 8.25. The van der Waals surface area contributed by atoms with Gasteiger partial charge in [-0.1, -0.05) is 12.1 Å². The zero-order valence-electron chi connectivity index (χ0n) is 10.7. The molecule has 0 aliphatic rings. The Labute approximate surface area is 113 Å². The number of halogens is 1. The lowest BCUT2D eigenvalue weighted by Gasteiger charge is -2.08. The number of fused-ring (bicyclic) bond motifs is 1. The first-order valence-corrected chi connectivity index (χ1v) is 6.89. The third-order valence-electron chi connectivity index (χ3n) is 3.03. The van der Waals surface area contributed by atoms with Crippen molar-refractivity contribution in [3.05, 3.63) is 30.1 Å². The van der Waals surface area contributed by atoms with Crippen molar-refractivity contribution in [3.8, 4) is 0 Å². The predicted octanol–water partition coefficient (Wildman–Crippen LogP) is 3.24. The highest BCUT2D eigenvalue weighted by Gasteiger charge is 2.09. The number of methoxy groups -OCH3 is 1. The van der Waals surface area contributed by atoms with Crippen molar-refractivity contribution in [2.24, 2.45) is 0 Å². The zero-order chi connectivity index (χ0) is 12.8. The molecule has 98 valence electrons. The Bertz CT molecular complexity index is 495. The second-order valence-corrected chi connectivity index (χ2v) is 4.69. The van der Waals surface area contributed by atoms with Crippen molar-refractivity contribution in [2.75, 3.05) is 19.6 Å². The molecule has 18 heavy (non-hydrogen) atoms. The van der Waals surface area contributed by atoms with E-state index < -0.39 is 0 Å². The standard InChI is InChI=1S/C14H19ClN2O/c1-18-11-5-4-10-17-13-7-3-2-6-12(13)16-14(17)8-9-15/h2-3,6-7H,4-5,8-11H2,1H3. The SMILES string of the molecule is COCCCCn1c(CCCl)nc2ccccc21. The lowest BCUT2D eigenvalue weighted by atomic mass is 10.3. The molecule has 0 atom stereocenters. The zero-order valence-corrected chi connectivity index (χ0v) is 11.5. The smallest absolute Gasteiger partial charge is 0.111 e. The van der Waals surface area contributed by atoms with Crippen LogP contribution in [0.5, 0.6) is 0 Å². The minimum Gasteiger partial charge on any atom is -0.385 e. The molecule has 3 nitrogen and oxygen atoms in total. The topological polar surface area (TPSA) is 27.1 Å².